The Balaban J connectivity index is 1.70. The summed E-state index contributed by atoms with van der Waals surface area (Å²) in [6, 6.07) is 10.0. The molecule has 0 bridgehead atoms. The highest BCUT2D eigenvalue weighted by molar-refractivity contribution is 9.10. The molecule has 120 valence electrons. The minimum absolute atomic E-state index is 0.166. The summed E-state index contributed by atoms with van der Waals surface area (Å²) >= 11 is 9.00. The van der Waals surface area contributed by atoms with Gasteiger partial charge in [-0.25, -0.2) is 4.98 Å². The molecule has 6 nitrogen and oxygen atoms in total. The van der Waals surface area contributed by atoms with Gasteiger partial charge < -0.3 is 15.4 Å². The molecule has 0 aliphatic rings. The number of carbonyl (C=O) groups is 2. The van der Waals surface area contributed by atoms with Gasteiger partial charge in [0.1, 0.15) is 11.6 Å². The number of hydrogen-bond acceptors (Lipinski definition) is 4. The lowest BCUT2D eigenvalue weighted by Gasteiger charge is -2.08. The van der Waals surface area contributed by atoms with Crippen LogP contribution in [0.1, 0.15) is 0 Å². The molecule has 0 aliphatic heterocycles. The summed E-state index contributed by atoms with van der Waals surface area (Å²) < 4.78 is 6.08. The summed E-state index contributed by atoms with van der Waals surface area (Å²) in [5.41, 5.74) is 0. The van der Waals surface area contributed by atoms with Crippen molar-refractivity contribution in [3.8, 4) is 5.75 Å². The number of rotatable bonds is 6. The Morgan fingerprint density at radius 2 is 1.87 bits per heavy atom. The predicted molar refractivity (Wildman–Crippen MR) is 90.5 cm³/mol. The van der Waals surface area contributed by atoms with Crippen molar-refractivity contribution in [2.75, 3.05) is 18.5 Å². The summed E-state index contributed by atoms with van der Waals surface area (Å²) in [5.74, 6) is 0.149. The van der Waals surface area contributed by atoms with Gasteiger partial charge in [0.25, 0.3) is 5.91 Å². The van der Waals surface area contributed by atoms with Gasteiger partial charge in [0.2, 0.25) is 5.91 Å². The normalized spacial score (nSPS) is 10.0. The van der Waals surface area contributed by atoms with E-state index in [0.717, 1.165) is 4.47 Å². The van der Waals surface area contributed by atoms with Crippen LogP contribution in [0.25, 0.3) is 0 Å². The average molecular weight is 399 g/mol. The van der Waals surface area contributed by atoms with Crippen molar-refractivity contribution in [2.24, 2.45) is 0 Å². The highest BCUT2D eigenvalue weighted by atomic mass is 79.9. The van der Waals surface area contributed by atoms with Gasteiger partial charge in [0.15, 0.2) is 6.61 Å². The molecule has 0 atom stereocenters. The van der Waals surface area contributed by atoms with E-state index in [1.165, 1.54) is 0 Å². The topological polar surface area (TPSA) is 80.3 Å². The Labute approximate surface area is 146 Å². The van der Waals surface area contributed by atoms with Crippen LogP contribution in [0.2, 0.25) is 5.02 Å². The lowest BCUT2D eigenvalue weighted by Crippen LogP contribution is -2.35. The molecular weight excluding hydrogens is 386 g/mol. The van der Waals surface area contributed by atoms with Gasteiger partial charge in [-0.3, -0.25) is 9.59 Å². The maximum atomic E-state index is 11.7. The second kappa shape index (κ2) is 8.50. The van der Waals surface area contributed by atoms with Crippen LogP contribution in [-0.2, 0) is 9.59 Å². The van der Waals surface area contributed by atoms with Crippen LogP contribution in [0.5, 0.6) is 5.75 Å². The number of halogens is 2. The quantitative estimate of drug-likeness (QED) is 0.784. The largest absolute Gasteiger partial charge is 0.484 e. The number of benzene rings is 1. The van der Waals surface area contributed by atoms with E-state index >= 15 is 0 Å². The molecule has 1 heterocycles. The number of hydrogen-bond donors (Lipinski definition) is 2. The smallest absolute Gasteiger partial charge is 0.258 e. The number of aromatic nitrogens is 1. The number of carbonyl (C=O) groups excluding carboxylic acids is 2. The van der Waals surface area contributed by atoms with Gasteiger partial charge in [-0.1, -0.05) is 11.6 Å². The highest BCUT2D eigenvalue weighted by Gasteiger charge is 2.07. The molecule has 2 aromatic rings. The van der Waals surface area contributed by atoms with Crippen LogP contribution < -0.4 is 15.4 Å². The molecule has 2 amide bonds. The van der Waals surface area contributed by atoms with E-state index in [-0.39, 0.29) is 19.1 Å². The predicted octanol–water partition coefficient (Wildman–Crippen LogP) is 2.63. The summed E-state index contributed by atoms with van der Waals surface area (Å²) in [6.45, 7) is -0.355. The number of nitrogens with zero attached hydrogens (tertiary/aromatic N) is 1. The monoisotopic (exact) mass is 397 g/mol. The van der Waals surface area contributed by atoms with Crippen molar-refractivity contribution < 1.29 is 14.3 Å². The van der Waals surface area contributed by atoms with E-state index in [1.54, 1.807) is 42.6 Å². The molecule has 0 aliphatic carbocycles. The third kappa shape index (κ3) is 6.25. The van der Waals surface area contributed by atoms with Crippen LogP contribution in [0.4, 0.5) is 5.82 Å². The van der Waals surface area contributed by atoms with E-state index in [1.807, 2.05) is 0 Å². The maximum Gasteiger partial charge on any atom is 0.258 e. The van der Waals surface area contributed by atoms with Gasteiger partial charge in [-0.05, 0) is 52.3 Å². The molecule has 0 fully saturated rings. The van der Waals surface area contributed by atoms with Crippen LogP contribution in [0.15, 0.2) is 47.1 Å². The molecule has 23 heavy (non-hydrogen) atoms. The maximum absolute atomic E-state index is 11.7. The highest BCUT2D eigenvalue weighted by Crippen LogP contribution is 2.15. The SMILES string of the molecule is O=C(COc1ccc(Cl)cc1)NCC(=O)Nc1ccc(Br)cn1. The molecule has 1 aromatic carbocycles. The van der Waals surface area contributed by atoms with E-state index in [0.29, 0.717) is 16.6 Å². The van der Waals surface area contributed by atoms with Crippen molar-refractivity contribution >= 4 is 45.2 Å². The molecule has 0 saturated heterocycles. The minimum atomic E-state index is -0.404. The molecule has 0 saturated carbocycles. The van der Waals surface area contributed by atoms with Crippen molar-refractivity contribution in [3.63, 3.8) is 0 Å². The molecule has 2 rings (SSSR count). The van der Waals surface area contributed by atoms with E-state index in [9.17, 15) is 9.59 Å². The van der Waals surface area contributed by atoms with Gasteiger partial charge in [0.05, 0.1) is 6.54 Å². The Morgan fingerprint density at radius 3 is 2.52 bits per heavy atom. The fraction of sp³-hybridized carbons (Fsp3) is 0.133. The Hall–Kier alpha value is -2.12. The van der Waals surface area contributed by atoms with Crippen LogP contribution in [0.3, 0.4) is 0 Å². The first-order valence-corrected chi connectivity index (χ1v) is 7.76. The molecule has 2 N–H and O–H groups in total. The standard InChI is InChI=1S/C15H13BrClN3O3/c16-10-1-6-13(18-7-10)20-14(21)8-19-15(22)9-23-12-4-2-11(17)3-5-12/h1-7H,8-9H2,(H,19,22)(H,18,20,21). The van der Waals surface area contributed by atoms with Crippen molar-refractivity contribution in [2.45, 2.75) is 0 Å². The molecule has 1 aromatic heterocycles. The third-order valence-electron chi connectivity index (χ3n) is 2.62. The first-order valence-electron chi connectivity index (χ1n) is 6.59. The first kappa shape index (κ1) is 17.2. The molecule has 8 heteroatoms. The van der Waals surface area contributed by atoms with Gasteiger partial charge in [-0.15, -0.1) is 0 Å². The Morgan fingerprint density at radius 1 is 1.13 bits per heavy atom. The number of nitrogens with one attached hydrogen (secondary N) is 2. The fourth-order valence-electron chi connectivity index (χ4n) is 1.55. The van der Waals surface area contributed by atoms with Crippen molar-refractivity contribution in [3.05, 3.63) is 52.1 Å². The summed E-state index contributed by atoms with van der Waals surface area (Å²) in [7, 11) is 0. The first-order chi connectivity index (χ1) is 11.0. The minimum Gasteiger partial charge on any atom is -0.484 e. The van der Waals surface area contributed by atoms with Crippen LogP contribution >= 0.6 is 27.5 Å². The second-order valence-corrected chi connectivity index (χ2v) is 5.78. The molecular formula is C15H13BrClN3O3. The van der Waals surface area contributed by atoms with Crippen molar-refractivity contribution in [1.82, 2.24) is 10.3 Å². The van der Waals surface area contributed by atoms with E-state index < -0.39 is 5.91 Å². The lowest BCUT2D eigenvalue weighted by atomic mass is 10.3. The third-order valence-corrected chi connectivity index (χ3v) is 3.35. The summed E-state index contributed by atoms with van der Waals surface area (Å²) in [5, 5.41) is 5.60. The average Bonchev–Trinajstić information content (AvgIpc) is 2.54. The summed E-state index contributed by atoms with van der Waals surface area (Å²) in [4.78, 5) is 27.3. The molecule has 0 spiro atoms. The van der Waals surface area contributed by atoms with Gasteiger partial charge >= 0.3 is 0 Å². The Bertz CT molecular complexity index is 677. The van der Waals surface area contributed by atoms with Crippen LogP contribution in [-0.4, -0.2) is 29.9 Å². The summed E-state index contributed by atoms with van der Waals surface area (Å²) in [6.07, 6.45) is 1.56. The van der Waals surface area contributed by atoms with Gasteiger partial charge in [0, 0.05) is 15.7 Å². The van der Waals surface area contributed by atoms with Crippen molar-refractivity contribution in [1.29, 1.82) is 0 Å². The molecule has 0 unspecified atom stereocenters. The Kier molecular flexibility index (Phi) is 6.37. The number of anilines is 1. The zero-order valence-electron chi connectivity index (χ0n) is 11.9. The second-order valence-electron chi connectivity index (χ2n) is 4.43. The fourth-order valence-corrected chi connectivity index (χ4v) is 1.91. The lowest BCUT2D eigenvalue weighted by molar-refractivity contribution is -0.125. The van der Waals surface area contributed by atoms with E-state index in [4.69, 9.17) is 16.3 Å². The molecule has 0 radical (unpaired) electrons. The number of amides is 2. The van der Waals surface area contributed by atoms with Crippen LogP contribution in [0, 0.1) is 0 Å². The number of ether oxygens (including phenoxy) is 1. The number of pyridine rings is 1. The van der Waals surface area contributed by atoms with E-state index in [2.05, 4.69) is 31.5 Å². The van der Waals surface area contributed by atoms with Gasteiger partial charge in [-0.2, -0.15) is 0 Å². The zero-order chi connectivity index (χ0) is 16.7. The zero-order valence-corrected chi connectivity index (χ0v) is 14.2.